The molecular weight excluding hydrogens is 641 g/mol. The van der Waals surface area contributed by atoms with E-state index in [1.54, 1.807) is 16.4 Å². The number of hydrogen-bond donors (Lipinski definition) is 2. The van der Waals surface area contributed by atoms with Crippen LogP contribution in [0.2, 0.25) is 5.02 Å². The first-order valence-corrected chi connectivity index (χ1v) is 15.7. The van der Waals surface area contributed by atoms with Crippen LogP contribution in [0.5, 0.6) is 5.75 Å². The van der Waals surface area contributed by atoms with E-state index in [-0.39, 0.29) is 57.3 Å². The minimum Gasteiger partial charge on any atom is -0.504 e. The minimum atomic E-state index is -4.59. The van der Waals surface area contributed by atoms with Gasteiger partial charge in [-0.15, -0.1) is 10.2 Å². The fourth-order valence-electron chi connectivity index (χ4n) is 7.06. The second kappa shape index (κ2) is 11.0. The molecule has 246 valence electrons. The van der Waals surface area contributed by atoms with E-state index in [4.69, 9.17) is 11.6 Å². The Balaban J connectivity index is 1.23. The van der Waals surface area contributed by atoms with E-state index in [2.05, 4.69) is 25.5 Å². The maximum atomic E-state index is 14.2. The van der Waals surface area contributed by atoms with Gasteiger partial charge in [0.25, 0.3) is 5.91 Å². The first-order valence-electron chi connectivity index (χ1n) is 15.3. The van der Waals surface area contributed by atoms with Gasteiger partial charge in [-0.25, -0.2) is 9.97 Å². The number of halogens is 4. The second-order valence-corrected chi connectivity index (χ2v) is 13.1. The molecule has 1 saturated heterocycles. The van der Waals surface area contributed by atoms with Gasteiger partial charge >= 0.3 is 6.18 Å². The van der Waals surface area contributed by atoms with Crippen LogP contribution in [-0.4, -0.2) is 64.4 Å². The maximum absolute atomic E-state index is 14.2. The third kappa shape index (κ3) is 5.29. The molecule has 1 atom stereocenters. The number of aryl methyl sites for hydroxylation is 1. The summed E-state index contributed by atoms with van der Waals surface area (Å²) in [6.07, 6.45) is -0.0991. The topological polar surface area (TPSA) is 148 Å². The van der Waals surface area contributed by atoms with E-state index >= 15 is 0 Å². The number of amides is 2. The molecule has 0 radical (unpaired) electrons. The number of nitrogens with zero attached hydrogens (tertiary/aromatic N) is 7. The van der Waals surface area contributed by atoms with E-state index in [0.717, 1.165) is 31.0 Å². The van der Waals surface area contributed by atoms with Crippen LogP contribution in [0, 0.1) is 6.92 Å². The quantitative estimate of drug-likeness (QED) is 0.310. The Morgan fingerprint density at radius 3 is 2.53 bits per heavy atom. The van der Waals surface area contributed by atoms with Crippen LogP contribution in [-0.2, 0) is 22.9 Å². The van der Waals surface area contributed by atoms with Crippen molar-refractivity contribution in [2.45, 2.75) is 76.0 Å². The number of aromatic nitrogens is 6. The lowest BCUT2D eigenvalue weighted by Gasteiger charge is -2.39. The van der Waals surface area contributed by atoms with Crippen molar-refractivity contribution in [1.29, 1.82) is 0 Å². The monoisotopic (exact) mass is 670 g/mol. The van der Waals surface area contributed by atoms with Crippen molar-refractivity contribution >= 4 is 40.3 Å². The number of likely N-dealkylation sites (tertiary alicyclic amines) is 1. The molecule has 0 unspecified atom stereocenters. The van der Waals surface area contributed by atoms with E-state index in [1.807, 2.05) is 6.92 Å². The fourth-order valence-corrected chi connectivity index (χ4v) is 7.28. The number of alkyl halides is 3. The largest absolute Gasteiger partial charge is 0.504 e. The Bertz CT molecular complexity index is 2010. The Hall–Kier alpha value is -4.53. The molecular formula is C31H30ClF3N8O4. The van der Waals surface area contributed by atoms with E-state index in [0.29, 0.717) is 49.3 Å². The number of rotatable bonds is 5. The molecule has 47 heavy (non-hydrogen) atoms. The standard InChI is InChI=1S/C31H30ClF3N8O4/c1-15-12-30(7-9-41(10-8-30)29(47)24-26(45)16(2)36-14-37-24)22-25(15)42(28-23(27(22)46)39-43(40-28)18-4-5-18)13-21(44)38-20-6-3-17(11-19(20)32)31(33,34)35/h3,6,11,14-15,18,45H,4-5,7-10,12-13H2,1-2H3,(H,38,44)/t15-/m0/s1. The molecule has 2 aliphatic carbocycles. The van der Waals surface area contributed by atoms with Gasteiger partial charge in [0.15, 0.2) is 22.6 Å². The number of hydrogen-bond acceptors (Lipinski definition) is 8. The summed E-state index contributed by atoms with van der Waals surface area (Å²) in [5.41, 5.74) is 0.0643. The predicted molar refractivity (Wildman–Crippen MR) is 163 cm³/mol. The molecule has 7 rings (SSSR count). The van der Waals surface area contributed by atoms with E-state index in [9.17, 15) is 32.7 Å². The third-order valence-electron chi connectivity index (χ3n) is 9.51. The number of aromatic hydroxyl groups is 1. The zero-order chi connectivity index (χ0) is 33.4. The van der Waals surface area contributed by atoms with Crippen LogP contribution in [0.1, 0.15) is 84.0 Å². The molecule has 4 aromatic rings. The van der Waals surface area contributed by atoms with Crippen molar-refractivity contribution in [2.24, 2.45) is 0 Å². The summed E-state index contributed by atoms with van der Waals surface area (Å²) in [5.74, 6) is -1.41. The van der Waals surface area contributed by atoms with Gasteiger partial charge in [0.05, 0.1) is 28.0 Å². The van der Waals surface area contributed by atoms with Gasteiger partial charge in [-0.2, -0.15) is 18.0 Å². The van der Waals surface area contributed by atoms with Crippen LogP contribution >= 0.6 is 11.6 Å². The molecule has 3 aliphatic rings. The lowest BCUT2D eigenvalue weighted by Crippen LogP contribution is -2.46. The summed E-state index contributed by atoms with van der Waals surface area (Å²) in [6, 6.07) is 2.76. The van der Waals surface area contributed by atoms with E-state index < -0.39 is 29.0 Å². The number of pyridine rings is 1. The lowest BCUT2D eigenvalue weighted by molar-refractivity contribution is -0.137. The molecule has 4 heterocycles. The molecule has 16 heteroatoms. The molecule has 12 nitrogen and oxygen atoms in total. The highest BCUT2D eigenvalue weighted by atomic mass is 35.5. The zero-order valence-electron chi connectivity index (χ0n) is 25.4. The predicted octanol–water partition coefficient (Wildman–Crippen LogP) is 4.72. The number of carbonyl (C=O) groups excluding carboxylic acids is 2. The van der Waals surface area contributed by atoms with Crippen molar-refractivity contribution in [3.63, 3.8) is 0 Å². The van der Waals surface area contributed by atoms with Crippen molar-refractivity contribution in [3.05, 3.63) is 68.0 Å². The van der Waals surface area contributed by atoms with Crippen LogP contribution in [0.3, 0.4) is 0 Å². The lowest BCUT2D eigenvalue weighted by atomic mass is 9.73. The molecule has 1 aromatic carbocycles. The van der Waals surface area contributed by atoms with Gasteiger partial charge in [0.2, 0.25) is 11.3 Å². The Morgan fingerprint density at radius 2 is 1.87 bits per heavy atom. The average molecular weight is 671 g/mol. The van der Waals surface area contributed by atoms with Gasteiger partial charge < -0.3 is 19.9 Å². The van der Waals surface area contributed by atoms with Crippen LogP contribution in [0.15, 0.2) is 29.3 Å². The van der Waals surface area contributed by atoms with Crippen molar-refractivity contribution < 1.29 is 27.9 Å². The van der Waals surface area contributed by atoms with Gasteiger partial charge in [0, 0.05) is 29.8 Å². The summed E-state index contributed by atoms with van der Waals surface area (Å²) in [5, 5.41) is 21.9. The summed E-state index contributed by atoms with van der Waals surface area (Å²) in [7, 11) is 0. The molecule has 1 spiro atoms. The third-order valence-corrected chi connectivity index (χ3v) is 9.82. The van der Waals surface area contributed by atoms with Gasteiger partial charge in [-0.3, -0.25) is 14.4 Å². The smallest absolute Gasteiger partial charge is 0.416 e. The summed E-state index contributed by atoms with van der Waals surface area (Å²) >= 11 is 6.11. The van der Waals surface area contributed by atoms with E-state index in [1.165, 1.54) is 11.1 Å². The van der Waals surface area contributed by atoms with Crippen molar-refractivity contribution in [1.82, 2.24) is 34.4 Å². The molecule has 2 N–H and O–H groups in total. The SMILES string of the molecule is Cc1ncnc(C(=O)N2CCC3(CC2)C[C@H](C)c2c3c(=O)c3nn(C4CC4)nc3n2CC(=O)Nc2ccc(C(F)(F)F)cc2Cl)c1O. The maximum Gasteiger partial charge on any atom is 0.416 e. The minimum absolute atomic E-state index is 0.0201. The summed E-state index contributed by atoms with van der Waals surface area (Å²) in [4.78, 5) is 52.0. The number of anilines is 1. The molecule has 0 bridgehead atoms. The number of piperidine rings is 1. The molecule has 2 fully saturated rings. The number of fused-ring (bicyclic) bond motifs is 3. The zero-order valence-corrected chi connectivity index (χ0v) is 26.2. The highest BCUT2D eigenvalue weighted by Gasteiger charge is 2.49. The second-order valence-electron chi connectivity index (χ2n) is 12.7. The summed E-state index contributed by atoms with van der Waals surface area (Å²) in [6.45, 7) is 3.90. The first kappa shape index (κ1) is 31.1. The highest BCUT2D eigenvalue weighted by Crippen LogP contribution is 2.51. The van der Waals surface area contributed by atoms with Crippen LogP contribution in [0.4, 0.5) is 18.9 Å². The molecule has 1 saturated carbocycles. The first-order chi connectivity index (χ1) is 22.3. The van der Waals surface area contributed by atoms with Gasteiger partial charge in [0.1, 0.15) is 12.9 Å². The van der Waals surface area contributed by atoms with Crippen molar-refractivity contribution in [2.75, 3.05) is 18.4 Å². The Morgan fingerprint density at radius 1 is 1.15 bits per heavy atom. The van der Waals surface area contributed by atoms with Crippen molar-refractivity contribution in [3.8, 4) is 5.75 Å². The number of nitrogens with one attached hydrogen (secondary N) is 1. The Labute approximate surface area is 270 Å². The highest BCUT2D eigenvalue weighted by molar-refractivity contribution is 6.33. The van der Waals surface area contributed by atoms with Crippen LogP contribution < -0.4 is 10.7 Å². The average Bonchev–Trinajstić information content (AvgIpc) is 3.70. The normalized spacial score (nSPS) is 18.9. The molecule has 1 aliphatic heterocycles. The number of carbonyl (C=O) groups is 2. The Kier molecular flexibility index (Phi) is 7.30. The number of benzene rings is 1. The molecule has 2 amide bonds. The summed E-state index contributed by atoms with van der Waals surface area (Å²) < 4.78 is 41.2. The fraction of sp³-hybridized carbons (Fsp3) is 0.452. The van der Waals surface area contributed by atoms with Gasteiger partial charge in [-0.1, -0.05) is 18.5 Å². The van der Waals surface area contributed by atoms with Crippen LogP contribution in [0.25, 0.3) is 11.2 Å². The van der Waals surface area contributed by atoms with Gasteiger partial charge in [-0.05, 0) is 63.1 Å². The molecule has 3 aromatic heterocycles.